The van der Waals surface area contributed by atoms with Crippen LogP contribution in [0.3, 0.4) is 0 Å². The van der Waals surface area contributed by atoms with E-state index in [1.54, 1.807) is 0 Å². The third kappa shape index (κ3) is 2.67. The number of hydrogen-bond acceptors (Lipinski definition) is 2. The van der Waals surface area contributed by atoms with Crippen molar-refractivity contribution in [2.45, 2.75) is 12.3 Å². The molecule has 1 rings (SSSR count). The van der Waals surface area contributed by atoms with Gasteiger partial charge in [-0.2, -0.15) is 8.78 Å². The summed E-state index contributed by atoms with van der Waals surface area (Å²) in [7, 11) is -1.14. The lowest BCUT2D eigenvalue weighted by atomic mass is 10.3. The highest BCUT2D eigenvalue weighted by molar-refractivity contribution is 7.85. The third-order valence-corrected chi connectivity index (χ3v) is 3.30. The maximum Gasteiger partial charge on any atom is 0.383 e. The molecule has 1 aliphatic rings. The van der Waals surface area contributed by atoms with Gasteiger partial charge in [0.2, 0.25) is 0 Å². The second-order valence-corrected chi connectivity index (χ2v) is 4.76. The lowest BCUT2D eigenvalue weighted by molar-refractivity contribution is -0.180. The molecule has 0 atom stereocenters. The van der Waals surface area contributed by atoms with Gasteiger partial charge in [0.15, 0.2) is 0 Å². The van der Waals surface area contributed by atoms with Gasteiger partial charge < -0.3 is 4.90 Å². The topological polar surface area (TPSA) is 37.4 Å². The van der Waals surface area contributed by atoms with Crippen molar-refractivity contribution >= 4 is 16.7 Å². The molecule has 0 aromatic heterocycles. The monoisotopic (exact) mass is 247 g/mol. The SMILES string of the molecule is O=C(N1CCS(=O)CC1)C(F)(F)C(F)F. The number of rotatable bonds is 2. The molecule has 88 valence electrons. The number of alkyl halides is 4. The van der Waals surface area contributed by atoms with Crippen LogP contribution in [-0.2, 0) is 15.6 Å². The average Bonchev–Trinajstić information content (AvgIpc) is 2.17. The first-order valence-electron chi connectivity index (χ1n) is 4.16. The Bertz CT molecular complexity index is 274. The molecular formula is C7H9F4NO2S. The summed E-state index contributed by atoms with van der Waals surface area (Å²) in [6.07, 6.45) is -4.00. The van der Waals surface area contributed by atoms with Crippen molar-refractivity contribution in [3.8, 4) is 0 Å². The van der Waals surface area contributed by atoms with E-state index in [0.29, 0.717) is 4.90 Å². The summed E-state index contributed by atoms with van der Waals surface area (Å²) in [6.45, 7) is -0.318. The summed E-state index contributed by atoms with van der Waals surface area (Å²) in [6, 6.07) is 0. The Morgan fingerprint density at radius 3 is 2.13 bits per heavy atom. The van der Waals surface area contributed by atoms with Gasteiger partial charge in [0.1, 0.15) is 0 Å². The predicted molar refractivity (Wildman–Crippen MR) is 45.4 cm³/mol. The van der Waals surface area contributed by atoms with Gasteiger partial charge in [0.05, 0.1) is 0 Å². The molecular weight excluding hydrogens is 238 g/mol. The Labute approximate surface area is 85.9 Å². The van der Waals surface area contributed by atoms with Crippen LogP contribution in [0.4, 0.5) is 17.6 Å². The molecule has 0 N–H and O–H groups in total. The second-order valence-electron chi connectivity index (χ2n) is 3.06. The zero-order valence-corrected chi connectivity index (χ0v) is 8.41. The van der Waals surface area contributed by atoms with Gasteiger partial charge in [-0.15, -0.1) is 0 Å². The first kappa shape index (κ1) is 12.4. The van der Waals surface area contributed by atoms with Crippen LogP contribution in [0.25, 0.3) is 0 Å². The van der Waals surface area contributed by atoms with Crippen molar-refractivity contribution in [1.82, 2.24) is 4.90 Å². The molecule has 0 aliphatic carbocycles. The van der Waals surface area contributed by atoms with Crippen molar-refractivity contribution in [2.24, 2.45) is 0 Å². The molecule has 0 saturated carbocycles. The van der Waals surface area contributed by atoms with Crippen LogP contribution in [0.15, 0.2) is 0 Å². The van der Waals surface area contributed by atoms with Gasteiger partial charge in [-0.3, -0.25) is 9.00 Å². The predicted octanol–water partition coefficient (Wildman–Crippen LogP) is 0.478. The zero-order chi connectivity index (χ0) is 11.6. The van der Waals surface area contributed by atoms with Gasteiger partial charge in [-0.25, -0.2) is 8.78 Å². The first-order chi connectivity index (χ1) is 6.85. The highest BCUT2D eigenvalue weighted by Crippen LogP contribution is 2.25. The van der Waals surface area contributed by atoms with E-state index < -0.39 is 29.1 Å². The van der Waals surface area contributed by atoms with Crippen molar-refractivity contribution in [1.29, 1.82) is 0 Å². The molecule has 1 fully saturated rings. The fraction of sp³-hybridized carbons (Fsp3) is 0.857. The largest absolute Gasteiger partial charge is 0.383 e. The molecule has 1 saturated heterocycles. The lowest BCUT2D eigenvalue weighted by Gasteiger charge is -2.29. The number of hydrogen-bond donors (Lipinski definition) is 0. The molecule has 0 bridgehead atoms. The van der Waals surface area contributed by atoms with Crippen LogP contribution in [0.2, 0.25) is 0 Å². The van der Waals surface area contributed by atoms with Crippen molar-refractivity contribution < 1.29 is 26.6 Å². The minimum absolute atomic E-state index is 0.0606. The molecule has 8 heteroatoms. The Balaban J connectivity index is 2.65. The fourth-order valence-electron chi connectivity index (χ4n) is 1.15. The Morgan fingerprint density at radius 1 is 1.27 bits per heavy atom. The van der Waals surface area contributed by atoms with Crippen LogP contribution >= 0.6 is 0 Å². The highest BCUT2D eigenvalue weighted by Gasteiger charge is 2.51. The molecule has 0 spiro atoms. The van der Waals surface area contributed by atoms with Gasteiger partial charge in [0.25, 0.3) is 5.91 Å². The summed E-state index contributed by atoms with van der Waals surface area (Å²) in [4.78, 5) is 11.6. The molecule has 0 unspecified atom stereocenters. The number of nitrogens with zero attached hydrogens (tertiary/aromatic N) is 1. The minimum atomic E-state index is -4.64. The van der Waals surface area contributed by atoms with E-state index in [-0.39, 0.29) is 24.6 Å². The summed E-state index contributed by atoms with van der Waals surface area (Å²) in [5.41, 5.74) is 0. The van der Waals surface area contributed by atoms with Crippen molar-refractivity contribution in [3.63, 3.8) is 0 Å². The van der Waals surface area contributed by atoms with E-state index in [4.69, 9.17) is 0 Å². The molecule has 1 heterocycles. The summed E-state index contributed by atoms with van der Waals surface area (Å²) >= 11 is 0. The lowest BCUT2D eigenvalue weighted by Crippen LogP contribution is -2.51. The number of amides is 1. The van der Waals surface area contributed by atoms with Crippen molar-refractivity contribution in [3.05, 3.63) is 0 Å². The second kappa shape index (κ2) is 4.46. The normalized spacial score (nSPS) is 19.7. The van der Waals surface area contributed by atoms with Crippen LogP contribution < -0.4 is 0 Å². The molecule has 0 aromatic rings. The van der Waals surface area contributed by atoms with E-state index in [0.717, 1.165) is 0 Å². The van der Waals surface area contributed by atoms with Gasteiger partial charge in [-0.05, 0) is 0 Å². The highest BCUT2D eigenvalue weighted by atomic mass is 32.2. The Hall–Kier alpha value is -0.660. The summed E-state index contributed by atoms with van der Waals surface area (Å²) in [5, 5.41) is 0. The van der Waals surface area contributed by atoms with E-state index in [1.165, 1.54) is 0 Å². The Morgan fingerprint density at radius 2 is 1.73 bits per heavy atom. The quantitative estimate of drug-likeness (QED) is 0.665. The van der Waals surface area contributed by atoms with Gasteiger partial charge >= 0.3 is 12.3 Å². The zero-order valence-electron chi connectivity index (χ0n) is 7.59. The number of carbonyl (C=O) groups is 1. The fourth-order valence-corrected chi connectivity index (χ4v) is 2.20. The van der Waals surface area contributed by atoms with Crippen LogP contribution in [-0.4, -0.2) is 52.0 Å². The third-order valence-electron chi connectivity index (χ3n) is 2.02. The first-order valence-corrected chi connectivity index (χ1v) is 5.65. The molecule has 3 nitrogen and oxygen atoms in total. The molecule has 1 amide bonds. The summed E-state index contributed by atoms with van der Waals surface area (Å²) in [5.74, 6) is -6.40. The average molecular weight is 247 g/mol. The molecule has 1 aliphatic heterocycles. The number of halogens is 4. The van der Waals surface area contributed by atoms with Gasteiger partial charge in [-0.1, -0.05) is 0 Å². The standard InChI is InChI=1S/C7H9F4NO2S/c8-5(9)7(10,11)6(13)12-1-3-15(14)4-2-12/h5H,1-4H2. The summed E-state index contributed by atoms with van der Waals surface area (Å²) < 4.78 is 59.7. The van der Waals surface area contributed by atoms with Crippen LogP contribution in [0.1, 0.15) is 0 Å². The van der Waals surface area contributed by atoms with E-state index in [1.807, 2.05) is 0 Å². The van der Waals surface area contributed by atoms with E-state index >= 15 is 0 Å². The molecule has 15 heavy (non-hydrogen) atoms. The Kier molecular flexibility index (Phi) is 3.69. The minimum Gasteiger partial charge on any atom is -0.335 e. The van der Waals surface area contributed by atoms with Crippen LogP contribution in [0.5, 0.6) is 0 Å². The maximum atomic E-state index is 12.6. The maximum absolute atomic E-state index is 12.6. The smallest absolute Gasteiger partial charge is 0.335 e. The number of carbonyl (C=O) groups excluding carboxylic acids is 1. The molecule has 0 aromatic carbocycles. The van der Waals surface area contributed by atoms with E-state index in [9.17, 15) is 26.6 Å². The molecule has 0 radical (unpaired) electrons. The van der Waals surface area contributed by atoms with Crippen molar-refractivity contribution in [2.75, 3.05) is 24.6 Å². The van der Waals surface area contributed by atoms with Crippen LogP contribution in [0, 0.1) is 0 Å². The van der Waals surface area contributed by atoms with E-state index in [2.05, 4.69) is 0 Å². The van der Waals surface area contributed by atoms with Gasteiger partial charge in [0, 0.05) is 35.4 Å².